The number of halogens is 3. The molecule has 6 heteroatoms. The predicted molar refractivity (Wildman–Crippen MR) is 72.6 cm³/mol. The molecule has 1 atom stereocenters. The first-order chi connectivity index (χ1) is 9.82. The molecule has 0 radical (unpaired) electrons. The standard InChI is InChI=1S/C15H13F3N2O/c1-7-5-12(8(2)19)20-6-9(7)15(21)13-10(16)3-4-11(17)14(13)18/h3-6,15,21H,2,19H2,1H3. The van der Waals surface area contributed by atoms with Gasteiger partial charge in [0.05, 0.1) is 17.0 Å². The SMILES string of the molecule is C=C(N)c1cc(C)c(C(O)c2c(F)ccc(F)c2F)cn1. The maximum absolute atomic E-state index is 13.7. The van der Waals surface area contributed by atoms with Crippen LogP contribution in [0.2, 0.25) is 0 Å². The Morgan fingerprint density at radius 3 is 2.48 bits per heavy atom. The highest BCUT2D eigenvalue weighted by Gasteiger charge is 2.24. The first-order valence-corrected chi connectivity index (χ1v) is 6.05. The van der Waals surface area contributed by atoms with Crippen LogP contribution >= 0.6 is 0 Å². The van der Waals surface area contributed by atoms with Gasteiger partial charge in [-0.05, 0) is 30.7 Å². The Bertz CT molecular complexity index is 716. The van der Waals surface area contributed by atoms with Gasteiger partial charge in [-0.25, -0.2) is 13.2 Å². The molecule has 0 aliphatic rings. The third-order valence-corrected chi connectivity index (χ3v) is 3.13. The highest BCUT2D eigenvalue weighted by Crippen LogP contribution is 2.30. The van der Waals surface area contributed by atoms with E-state index in [1.165, 1.54) is 12.3 Å². The van der Waals surface area contributed by atoms with Crippen LogP contribution in [-0.2, 0) is 0 Å². The normalized spacial score (nSPS) is 12.2. The number of aliphatic hydroxyl groups excluding tert-OH is 1. The first-order valence-electron chi connectivity index (χ1n) is 6.05. The van der Waals surface area contributed by atoms with Crippen molar-refractivity contribution in [2.45, 2.75) is 13.0 Å². The molecule has 1 aromatic carbocycles. The number of aromatic nitrogens is 1. The molecule has 0 fully saturated rings. The van der Waals surface area contributed by atoms with Crippen molar-refractivity contribution in [1.29, 1.82) is 0 Å². The van der Waals surface area contributed by atoms with Crippen LogP contribution in [0.1, 0.15) is 28.5 Å². The van der Waals surface area contributed by atoms with Gasteiger partial charge in [-0.3, -0.25) is 4.98 Å². The lowest BCUT2D eigenvalue weighted by molar-refractivity contribution is 0.206. The predicted octanol–water partition coefficient (Wildman–Crippen LogP) is 2.82. The van der Waals surface area contributed by atoms with Gasteiger partial charge >= 0.3 is 0 Å². The minimum absolute atomic E-state index is 0.156. The zero-order valence-corrected chi connectivity index (χ0v) is 11.2. The third-order valence-electron chi connectivity index (χ3n) is 3.13. The fourth-order valence-electron chi connectivity index (χ4n) is 1.98. The van der Waals surface area contributed by atoms with Gasteiger partial charge in [0.25, 0.3) is 0 Å². The molecule has 21 heavy (non-hydrogen) atoms. The van der Waals surface area contributed by atoms with E-state index in [1.807, 2.05) is 0 Å². The second-order valence-corrected chi connectivity index (χ2v) is 4.61. The van der Waals surface area contributed by atoms with Crippen molar-refractivity contribution in [3.05, 3.63) is 70.8 Å². The second kappa shape index (κ2) is 5.57. The summed E-state index contributed by atoms with van der Waals surface area (Å²) in [5, 5.41) is 10.1. The summed E-state index contributed by atoms with van der Waals surface area (Å²) < 4.78 is 40.6. The molecule has 0 aliphatic heterocycles. The van der Waals surface area contributed by atoms with Crippen LogP contribution in [0.15, 0.2) is 31.0 Å². The maximum Gasteiger partial charge on any atom is 0.167 e. The van der Waals surface area contributed by atoms with E-state index >= 15 is 0 Å². The van der Waals surface area contributed by atoms with Gasteiger partial charge in [0.1, 0.15) is 11.9 Å². The van der Waals surface area contributed by atoms with E-state index in [9.17, 15) is 18.3 Å². The number of rotatable bonds is 3. The summed E-state index contributed by atoms with van der Waals surface area (Å²) in [6.45, 7) is 5.14. The number of nitrogens with two attached hydrogens (primary N) is 1. The number of benzene rings is 1. The summed E-state index contributed by atoms with van der Waals surface area (Å²) in [6, 6.07) is 2.94. The highest BCUT2D eigenvalue weighted by molar-refractivity contribution is 5.57. The molecule has 110 valence electrons. The van der Waals surface area contributed by atoms with Crippen LogP contribution in [0.3, 0.4) is 0 Å². The molecule has 0 amide bonds. The zero-order chi connectivity index (χ0) is 15.7. The van der Waals surface area contributed by atoms with Gasteiger partial charge in [0.15, 0.2) is 11.6 Å². The summed E-state index contributed by atoms with van der Waals surface area (Å²) in [5.74, 6) is -3.69. The molecular formula is C15H13F3N2O. The van der Waals surface area contributed by atoms with Crippen LogP contribution in [0.25, 0.3) is 5.70 Å². The van der Waals surface area contributed by atoms with Crippen LogP contribution in [0.4, 0.5) is 13.2 Å². The number of aliphatic hydroxyl groups is 1. The topological polar surface area (TPSA) is 59.1 Å². The summed E-state index contributed by atoms with van der Waals surface area (Å²) in [4.78, 5) is 3.94. The van der Waals surface area contributed by atoms with Crippen LogP contribution in [-0.4, -0.2) is 10.1 Å². The number of hydrogen-bond acceptors (Lipinski definition) is 3. The summed E-state index contributed by atoms with van der Waals surface area (Å²) in [5.41, 5.74) is 6.02. The van der Waals surface area contributed by atoms with Crippen LogP contribution in [0.5, 0.6) is 0 Å². The Morgan fingerprint density at radius 1 is 1.29 bits per heavy atom. The molecule has 0 saturated heterocycles. The van der Waals surface area contributed by atoms with Crippen molar-refractivity contribution in [2.75, 3.05) is 0 Å². The Balaban J connectivity index is 2.53. The largest absolute Gasteiger partial charge is 0.397 e. The Kier molecular flexibility index (Phi) is 3.99. The number of nitrogens with zero attached hydrogens (tertiary/aromatic N) is 1. The molecule has 0 spiro atoms. The minimum Gasteiger partial charge on any atom is -0.397 e. The van der Waals surface area contributed by atoms with Gasteiger partial charge in [0, 0.05) is 11.8 Å². The molecule has 1 heterocycles. The smallest absolute Gasteiger partial charge is 0.167 e. The van der Waals surface area contributed by atoms with E-state index in [-0.39, 0.29) is 11.3 Å². The molecule has 1 unspecified atom stereocenters. The molecular weight excluding hydrogens is 281 g/mol. The van der Waals surface area contributed by atoms with E-state index < -0.39 is 29.1 Å². The van der Waals surface area contributed by atoms with Gasteiger partial charge in [-0.2, -0.15) is 0 Å². The molecule has 1 aromatic heterocycles. The minimum atomic E-state index is -1.67. The average Bonchev–Trinajstić information content (AvgIpc) is 2.43. The molecule has 0 saturated carbocycles. The van der Waals surface area contributed by atoms with E-state index in [0.717, 1.165) is 6.07 Å². The van der Waals surface area contributed by atoms with Crippen LogP contribution in [0, 0.1) is 24.4 Å². The highest BCUT2D eigenvalue weighted by atomic mass is 19.2. The van der Waals surface area contributed by atoms with Crippen molar-refractivity contribution < 1.29 is 18.3 Å². The summed E-state index contributed by atoms with van der Waals surface area (Å²) in [6.07, 6.45) is -0.440. The van der Waals surface area contributed by atoms with E-state index in [4.69, 9.17) is 5.73 Å². The fraction of sp³-hybridized carbons (Fsp3) is 0.133. The Morgan fingerprint density at radius 2 is 1.90 bits per heavy atom. The summed E-state index contributed by atoms with van der Waals surface area (Å²) in [7, 11) is 0. The quantitative estimate of drug-likeness (QED) is 0.856. The zero-order valence-electron chi connectivity index (χ0n) is 11.2. The van der Waals surface area contributed by atoms with Crippen molar-refractivity contribution in [3.8, 4) is 0 Å². The van der Waals surface area contributed by atoms with E-state index in [1.54, 1.807) is 6.92 Å². The second-order valence-electron chi connectivity index (χ2n) is 4.61. The van der Waals surface area contributed by atoms with Crippen molar-refractivity contribution in [3.63, 3.8) is 0 Å². The lowest BCUT2D eigenvalue weighted by Gasteiger charge is -2.16. The lowest BCUT2D eigenvalue weighted by Crippen LogP contribution is -2.10. The van der Waals surface area contributed by atoms with E-state index in [2.05, 4.69) is 11.6 Å². The summed E-state index contributed by atoms with van der Waals surface area (Å²) >= 11 is 0. The molecule has 2 aromatic rings. The van der Waals surface area contributed by atoms with Crippen molar-refractivity contribution in [2.24, 2.45) is 5.73 Å². The first kappa shape index (κ1) is 15.1. The van der Waals surface area contributed by atoms with E-state index in [0.29, 0.717) is 17.3 Å². The maximum atomic E-state index is 13.7. The number of hydrogen-bond donors (Lipinski definition) is 2. The van der Waals surface area contributed by atoms with Gasteiger partial charge in [0.2, 0.25) is 0 Å². The Labute approximate surface area is 119 Å². The van der Waals surface area contributed by atoms with Gasteiger partial charge in [-0.1, -0.05) is 6.58 Å². The molecule has 2 rings (SSSR count). The molecule has 3 N–H and O–H groups in total. The molecule has 3 nitrogen and oxygen atoms in total. The monoisotopic (exact) mass is 294 g/mol. The van der Waals surface area contributed by atoms with Gasteiger partial charge < -0.3 is 10.8 Å². The molecule has 0 bridgehead atoms. The third kappa shape index (κ3) is 2.75. The molecule has 0 aliphatic carbocycles. The fourth-order valence-corrected chi connectivity index (χ4v) is 1.98. The lowest BCUT2D eigenvalue weighted by atomic mass is 9.97. The van der Waals surface area contributed by atoms with Crippen molar-refractivity contribution >= 4 is 5.70 Å². The van der Waals surface area contributed by atoms with Gasteiger partial charge in [-0.15, -0.1) is 0 Å². The average molecular weight is 294 g/mol. The Hall–Kier alpha value is -2.34. The van der Waals surface area contributed by atoms with Crippen molar-refractivity contribution in [1.82, 2.24) is 4.98 Å². The number of pyridine rings is 1. The number of aryl methyl sites for hydroxylation is 1. The van der Waals surface area contributed by atoms with Crippen LogP contribution < -0.4 is 5.73 Å².